The maximum absolute atomic E-state index is 13.8. The highest BCUT2D eigenvalue weighted by atomic mass is 35.5. The van der Waals surface area contributed by atoms with Crippen LogP contribution in [0.3, 0.4) is 0 Å². The summed E-state index contributed by atoms with van der Waals surface area (Å²) in [6.07, 6.45) is 1.29. The fraction of sp³-hybridized carbons (Fsp3) is 0.259. The number of anilines is 1. The lowest BCUT2D eigenvalue weighted by molar-refractivity contribution is -0.140. The van der Waals surface area contributed by atoms with E-state index in [0.29, 0.717) is 22.3 Å². The van der Waals surface area contributed by atoms with Crippen LogP contribution >= 0.6 is 23.2 Å². The molecule has 1 atom stereocenters. The van der Waals surface area contributed by atoms with Crippen LogP contribution in [0.4, 0.5) is 5.69 Å². The number of amides is 2. The monoisotopic (exact) mass is 561 g/mol. The summed E-state index contributed by atoms with van der Waals surface area (Å²) in [6, 6.07) is 21.6. The fourth-order valence-electron chi connectivity index (χ4n) is 3.85. The Kier molecular flexibility index (Phi) is 9.97. The average molecular weight is 563 g/mol. The Bertz CT molecular complexity index is 1300. The van der Waals surface area contributed by atoms with Crippen LogP contribution < -0.4 is 9.62 Å². The number of carbonyl (C=O) groups excluding carboxylic acids is 2. The van der Waals surface area contributed by atoms with Gasteiger partial charge in [0.2, 0.25) is 21.8 Å². The van der Waals surface area contributed by atoms with E-state index in [0.717, 1.165) is 21.7 Å². The third-order valence-electron chi connectivity index (χ3n) is 5.68. The molecule has 0 unspecified atom stereocenters. The highest BCUT2D eigenvalue weighted by Crippen LogP contribution is 2.22. The number of carbonyl (C=O) groups is 2. The molecular formula is C27H29Cl2N3O4S. The van der Waals surface area contributed by atoms with Gasteiger partial charge in [0, 0.05) is 29.6 Å². The van der Waals surface area contributed by atoms with E-state index in [9.17, 15) is 18.0 Å². The van der Waals surface area contributed by atoms with Crippen molar-refractivity contribution in [3.63, 3.8) is 0 Å². The van der Waals surface area contributed by atoms with Crippen molar-refractivity contribution in [1.29, 1.82) is 0 Å². The van der Waals surface area contributed by atoms with E-state index in [-0.39, 0.29) is 18.9 Å². The standard InChI is InChI=1S/C27H29Cl2N3O4S/c1-3-30-27(34)25(17-20-7-5-4-6-8-20)31(18-21-9-11-22(28)12-10-21)26(33)19-32(37(2,35)36)24-15-13-23(29)14-16-24/h4-16,25H,3,17-19H2,1-2H3,(H,30,34)/t25-/m1/s1. The number of rotatable bonds is 11. The Labute approximate surface area is 228 Å². The molecule has 10 heteroatoms. The lowest BCUT2D eigenvalue weighted by atomic mass is 10.0. The first kappa shape index (κ1) is 28.5. The molecule has 196 valence electrons. The molecule has 0 radical (unpaired) electrons. The summed E-state index contributed by atoms with van der Waals surface area (Å²) < 4.78 is 26.4. The van der Waals surface area contributed by atoms with Crippen molar-refractivity contribution >= 4 is 50.7 Å². The van der Waals surface area contributed by atoms with Crippen molar-refractivity contribution < 1.29 is 18.0 Å². The van der Waals surface area contributed by atoms with Crippen LogP contribution in [0.25, 0.3) is 0 Å². The van der Waals surface area contributed by atoms with Gasteiger partial charge in [0.05, 0.1) is 11.9 Å². The molecule has 0 aliphatic heterocycles. The van der Waals surface area contributed by atoms with E-state index in [1.807, 2.05) is 30.3 Å². The fourth-order valence-corrected chi connectivity index (χ4v) is 4.96. The Balaban J connectivity index is 2.02. The topological polar surface area (TPSA) is 86.8 Å². The van der Waals surface area contributed by atoms with Crippen LogP contribution in [0, 0.1) is 0 Å². The zero-order valence-corrected chi connectivity index (χ0v) is 22.9. The van der Waals surface area contributed by atoms with Crippen molar-refractivity contribution in [3.8, 4) is 0 Å². The first-order valence-electron chi connectivity index (χ1n) is 11.7. The Morgan fingerprint density at radius 3 is 1.97 bits per heavy atom. The maximum Gasteiger partial charge on any atom is 0.244 e. The molecule has 7 nitrogen and oxygen atoms in total. The normalized spacial score (nSPS) is 12.0. The maximum atomic E-state index is 13.8. The highest BCUT2D eigenvalue weighted by Gasteiger charge is 2.32. The smallest absolute Gasteiger partial charge is 0.244 e. The Morgan fingerprint density at radius 2 is 1.43 bits per heavy atom. The van der Waals surface area contributed by atoms with Gasteiger partial charge in [-0.05, 0) is 54.4 Å². The summed E-state index contributed by atoms with van der Waals surface area (Å²) in [4.78, 5) is 28.5. The molecule has 0 heterocycles. The summed E-state index contributed by atoms with van der Waals surface area (Å²) in [5, 5.41) is 3.79. The van der Waals surface area contributed by atoms with Crippen molar-refractivity contribution in [3.05, 3.63) is 100 Å². The Hall–Kier alpha value is -3.07. The summed E-state index contributed by atoms with van der Waals surface area (Å²) >= 11 is 12.0. The number of hydrogen-bond donors (Lipinski definition) is 1. The minimum atomic E-state index is -3.83. The van der Waals surface area contributed by atoms with Crippen LogP contribution in [0.5, 0.6) is 0 Å². The van der Waals surface area contributed by atoms with Gasteiger partial charge in [-0.25, -0.2) is 8.42 Å². The number of likely N-dealkylation sites (N-methyl/N-ethyl adjacent to an activating group) is 1. The molecule has 1 N–H and O–H groups in total. The van der Waals surface area contributed by atoms with Gasteiger partial charge >= 0.3 is 0 Å². The summed E-state index contributed by atoms with van der Waals surface area (Å²) in [5.74, 6) is -0.853. The van der Waals surface area contributed by atoms with E-state index in [4.69, 9.17) is 23.2 Å². The first-order chi connectivity index (χ1) is 17.6. The zero-order valence-electron chi connectivity index (χ0n) is 20.6. The molecular weight excluding hydrogens is 533 g/mol. The molecule has 3 aromatic carbocycles. The quantitative estimate of drug-likeness (QED) is 0.372. The van der Waals surface area contributed by atoms with Gasteiger partial charge < -0.3 is 10.2 Å². The van der Waals surface area contributed by atoms with Crippen LogP contribution in [0.2, 0.25) is 10.0 Å². The third kappa shape index (κ3) is 8.21. The number of nitrogens with one attached hydrogen (secondary N) is 1. The van der Waals surface area contributed by atoms with E-state index in [2.05, 4.69) is 5.32 Å². The number of hydrogen-bond acceptors (Lipinski definition) is 4. The Morgan fingerprint density at radius 1 is 0.865 bits per heavy atom. The van der Waals surface area contributed by atoms with E-state index in [1.54, 1.807) is 43.3 Å². The van der Waals surface area contributed by atoms with Gasteiger partial charge in [-0.1, -0.05) is 65.7 Å². The summed E-state index contributed by atoms with van der Waals surface area (Å²) in [6.45, 7) is 1.78. The van der Waals surface area contributed by atoms with Crippen LogP contribution in [0.1, 0.15) is 18.1 Å². The molecule has 0 aromatic heterocycles. The summed E-state index contributed by atoms with van der Waals surface area (Å²) in [7, 11) is -3.83. The van der Waals surface area contributed by atoms with Crippen LogP contribution in [0.15, 0.2) is 78.9 Å². The molecule has 3 aromatic rings. The van der Waals surface area contributed by atoms with Crippen molar-refractivity contribution in [1.82, 2.24) is 10.2 Å². The molecule has 0 bridgehead atoms. The van der Waals surface area contributed by atoms with Crippen molar-refractivity contribution in [2.45, 2.75) is 25.9 Å². The van der Waals surface area contributed by atoms with E-state index < -0.39 is 28.5 Å². The number of sulfonamides is 1. The van der Waals surface area contributed by atoms with Gasteiger partial charge in [0.15, 0.2) is 0 Å². The molecule has 0 aliphatic rings. The lowest BCUT2D eigenvalue weighted by Gasteiger charge is -2.33. The molecule has 0 spiro atoms. The number of halogens is 2. The second kappa shape index (κ2) is 12.9. The van der Waals surface area contributed by atoms with Crippen LogP contribution in [-0.2, 0) is 32.6 Å². The largest absolute Gasteiger partial charge is 0.355 e. The molecule has 0 fully saturated rings. The van der Waals surface area contributed by atoms with Crippen molar-refractivity contribution in [2.75, 3.05) is 23.7 Å². The molecule has 0 aliphatic carbocycles. The first-order valence-corrected chi connectivity index (χ1v) is 14.3. The highest BCUT2D eigenvalue weighted by molar-refractivity contribution is 7.92. The minimum Gasteiger partial charge on any atom is -0.355 e. The third-order valence-corrected chi connectivity index (χ3v) is 7.33. The number of nitrogens with zero attached hydrogens (tertiary/aromatic N) is 2. The van der Waals surface area contributed by atoms with Gasteiger partial charge in [0.25, 0.3) is 0 Å². The van der Waals surface area contributed by atoms with Crippen LogP contribution in [-0.4, -0.2) is 50.5 Å². The molecule has 2 amide bonds. The summed E-state index contributed by atoms with van der Waals surface area (Å²) in [5.41, 5.74) is 1.91. The predicted molar refractivity (Wildman–Crippen MR) is 148 cm³/mol. The van der Waals surface area contributed by atoms with Gasteiger partial charge in [-0.15, -0.1) is 0 Å². The van der Waals surface area contributed by atoms with E-state index in [1.165, 1.54) is 17.0 Å². The molecule has 0 saturated carbocycles. The lowest BCUT2D eigenvalue weighted by Crippen LogP contribution is -2.53. The zero-order chi connectivity index (χ0) is 27.0. The minimum absolute atomic E-state index is 0.0862. The van der Waals surface area contributed by atoms with Crippen molar-refractivity contribution in [2.24, 2.45) is 0 Å². The SMILES string of the molecule is CCNC(=O)[C@@H](Cc1ccccc1)N(Cc1ccc(Cl)cc1)C(=O)CN(c1ccc(Cl)cc1)S(C)(=O)=O. The molecule has 37 heavy (non-hydrogen) atoms. The predicted octanol–water partition coefficient (Wildman–Crippen LogP) is 4.54. The average Bonchev–Trinajstić information content (AvgIpc) is 2.86. The van der Waals surface area contributed by atoms with Gasteiger partial charge in [-0.2, -0.15) is 0 Å². The van der Waals surface area contributed by atoms with Gasteiger partial charge in [-0.3, -0.25) is 13.9 Å². The second-order valence-electron chi connectivity index (χ2n) is 8.49. The van der Waals surface area contributed by atoms with E-state index >= 15 is 0 Å². The molecule has 3 rings (SSSR count). The molecule has 0 saturated heterocycles. The second-order valence-corrected chi connectivity index (χ2v) is 11.3. The number of benzene rings is 3. The van der Waals surface area contributed by atoms with Gasteiger partial charge in [0.1, 0.15) is 12.6 Å².